The Hall–Kier alpha value is -3.68. The summed E-state index contributed by atoms with van der Waals surface area (Å²) in [6.07, 6.45) is 0. The number of carboxylic acid groups (broad SMARTS) is 2. The Bertz CT molecular complexity index is 795. The van der Waals surface area contributed by atoms with Gasteiger partial charge in [0.15, 0.2) is 0 Å². The molecule has 8 heteroatoms. The number of hydrogen-bond acceptors (Lipinski definition) is 6. The maximum absolute atomic E-state index is 12.0. The monoisotopic (exact) mass is 386 g/mol. The SMILES string of the molecule is CC(COC(=O)c1ccc(C(=O)O)cc1)COC(=O)c1ccc(C(=O)O)cc1. The van der Waals surface area contributed by atoms with Gasteiger partial charge < -0.3 is 19.7 Å². The second-order valence-corrected chi connectivity index (χ2v) is 6.07. The zero-order chi connectivity index (χ0) is 20.7. The zero-order valence-corrected chi connectivity index (χ0v) is 15.0. The summed E-state index contributed by atoms with van der Waals surface area (Å²) in [4.78, 5) is 45.5. The summed E-state index contributed by atoms with van der Waals surface area (Å²) in [6.45, 7) is 1.73. The van der Waals surface area contributed by atoms with Gasteiger partial charge in [0.1, 0.15) is 0 Å². The van der Waals surface area contributed by atoms with E-state index < -0.39 is 23.9 Å². The van der Waals surface area contributed by atoms with Gasteiger partial charge in [0.2, 0.25) is 0 Å². The molecule has 0 heterocycles. The van der Waals surface area contributed by atoms with E-state index in [0.29, 0.717) is 0 Å². The van der Waals surface area contributed by atoms with E-state index in [-0.39, 0.29) is 41.4 Å². The van der Waals surface area contributed by atoms with Gasteiger partial charge in [-0.2, -0.15) is 0 Å². The fourth-order valence-electron chi connectivity index (χ4n) is 2.15. The standard InChI is InChI=1S/C20H18O8/c1-12(10-27-19(25)15-6-2-13(3-7-15)17(21)22)11-28-20(26)16-8-4-14(5-9-16)18(23)24/h2-9,12H,10-11H2,1H3,(H,21,22)(H,23,24). The third-order valence-corrected chi connectivity index (χ3v) is 3.73. The van der Waals surface area contributed by atoms with Gasteiger partial charge >= 0.3 is 23.9 Å². The molecule has 2 N–H and O–H groups in total. The van der Waals surface area contributed by atoms with E-state index in [0.717, 1.165) is 0 Å². The summed E-state index contributed by atoms with van der Waals surface area (Å²) < 4.78 is 10.3. The first kappa shape index (κ1) is 20.6. The van der Waals surface area contributed by atoms with Crippen LogP contribution in [0.1, 0.15) is 48.4 Å². The molecule has 0 saturated heterocycles. The molecule has 0 aliphatic rings. The summed E-state index contributed by atoms with van der Waals surface area (Å²) in [5, 5.41) is 17.7. The first-order chi connectivity index (χ1) is 13.3. The van der Waals surface area contributed by atoms with Crippen LogP contribution in [-0.4, -0.2) is 47.3 Å². The number of aromatic carboxylic acids is 2. The van der Waals surface area contributed by atoms with Crippen molar-refractivity contribution in [3.8, 4) is 0 Å². The summed E-state index contributed by atoms with van der Waals surface area (Å²) in [5.74, 6) is -3.68. The van der Waals surface area contributed by atoms with Crippen molar-refractivity contribution >= 4 is 23.9 Å². The Morgan fingerprint density at radius 2 is 0.964 bits per heavy atom. The number of carboxylic acids is 2. The van der Waals surface area contributed by atoms with Gasteiger partial charge in [-0.05, 0) is 48.5 Å². The van der Waals surface area contributed by atoms with Crippen molar-refractivity contribution in [2.45, 2.75) is 6.92 Å². The first-order valence-corrected chi connectivity index (χ1v) is 8.29. The molecule has 0 bridgehead atoms. The molecule has 0 atom stereocenters. The third kappa shape index (κ3) is 5.66. The first-order valence-electron chi connectivity index (χ1n) is 8.29. The van der Waals surface area contributed by atoms with Gasteiger partial charge in [-0.15, -0.1) is 0 Å². The summed E-state index contributed by atoms with van der Waals surface area (Å²) >= 11 is 0. The molecule has 0 unspecified atom stereocenters. The van der Waals surface area contributed by atoms with Crippen molar-refractivity contribution in [3.63, 3.8) is 0 Å². The van der Waals surface area contributed by atoms with Crippen molar-refractivity contribution in [2.24, 2.45) is 5.92 Å². The Balaban J connectivity index is 1.79. The van der Waals surface area contributed by atoms with E-state index in [9.17, 15) is 19.2 Å². The van der Waals surface area contributed by atoms with Crippen LogP contribution in [0.25, 0.3) is 0 Å². The number of hydrogen-bond donors (Lipinski definition) is 2. The number of carbonyl (C=O) groups is 4. The lowest BCUT2D eigenvalue weighted by atomic mass is 10.1. The fourth-order valence-corrected chi connectivity index (χ4v) is 2.15. The van der Waals surface area contributed by atoms with Gasteiger partial charge in [0, 0.05) is 5.92 Å². The fraction of sp³-hybridized carbons (Fsp3) is 0.200. The topological polar surface area (TPSA) is 127 Å². The molecule has 28 heavy (non-hydrogen) atoms. The number of benzene rings is 2. The molecule has 146 valence electrons. The van der Waals surface area contributed by atoms with Gasteiger partial charge in [0.05, 0.1) is 35.5 Å². The highest BCUT2D eigenvalue weighted by atomic mass is 16.5. The van der Waals surface area contributed by atoms with E-state index in [1.54, 1.807) is 6.92 Å². The molecule has 0 aliphatic carbocycles. The molecular formula is C20H18O8. The van der Waals surface area contributed by atoms with E-state index in [1.807, 2.05) is 0 Å². The van der Waals surface area contributed by atoms with Crippen LogP contribution < -0.4 is 0 Å². The highest BCUT2D eigenvalue weighted by molar-refractivity contribution is 5.93. The van der Waals surface area contributed by atoms with Crippen LogP contribution in [-0.2, 0) is 9.47 Å². The molecule has 2 aromatic rings. The van der Waals surface area contributed by atoms with Crippen LogP contribution in [0, 0.1) is 5.92 Å². The molecule has 0 saturated carbocycles. The van der Waals surface area contributed by atoms with Crippen molar-refractivity contribution in [3.05, 3.63) is 70.8 Å². The maximum Gasteiger partial charge on any atom is 0.338 e. The number of carbonyl (C=O) groups excluding carboxylic acids is 2. The Kier molecular flexibility index (Phi) is 6.86. The Morgan fingerprint density at radius 3 is 1.25 bits per heavy atom. The average Bonchev–Trinajstić information content (AvgIpc) is 2.70. The van der Waals surface area contributed by atoms with E-state index >= 15 is 0 Å². The second kappa shape index (κ2) is 9.31. The predicted molar refractivity (Wildman–Crippen MR) is 96.5 cm³/mol. The summed E-state index contributed by atoms with van der Waals surface area (Å²) in [5.41, 5.74) is 0.557. The molecular weight excluding hydrogens is 368 g/mol. The summed E-state index contributed by atoms with van der Waals surface area (Å²) in [7, 11) is 0. The third-order valence-electron chi connectivity index (χ3n) is 3.73. The van der Waals surface area contributed by atoms with Gasteiger partial charge in [-0.3, -0.25) is 0 Å². The van der Waals surface area contributed by atoms with Crippen molar-refractivity contribution in [2.75, 3.05) is 13.2 Å². The van der Waals surface area contributed by atoms with Crippen molar-refractivity contribution in [1.29, 1.82) is 0 Å². The van der Waals surface area contributed by atoms with Crippen LogP contribution >= 0.6 is 0 Å². The minimum Gasteiger partial charge on any atom is -0.478 e. The maximum atomic E-state index is 12.0. The Labute approximate surface area is 160 Å². The predicted octanol–water partition coefficient (Wildman–Crippen LogP) is 2.73. The molecule has 0 fully saturated rings. The van der Waals surface area contributed by atoms with Crippen LogP contribution in [0.3, 0.4) is 0 Å². The molecule has 0 aromatic heterocycles. The van der Waals surface area contributed by atoms with Gasteiger partial charge in [-0.1, -0.05) is 6.92 Å². The lowest BCUT2D eigenvalue weighted by Gasteiger charge is -2.13. The van der Waals surface area contributed by atoms with Crippen LogP contribution in [0.15, 0.2) is 48.5 Å². The Morgan fingerprint density at radius 1 is 0.679 bits per heavy atom. The van der Waals surface area contributed by atoms with Crippen molar-refractivity contribution in [1.82, 2.24) is 0 Å². The van der Waals surface area contributed by atoms with Gasteiger partial charge in [-0.25, -0.2) is 19.2 Å². The molecule has 0 spiro atoms. The smallest absolute Gasteiger partial charge is 0.338 e. The van der Waals surface area contributed by atoms with E-state index in [2.05, 4.69) is 0 Å². The number of rotatable bonds is 8. The minimum absolute atomic E-state index is 0.00471. The normalized spacial score (nSPS) is 10.4. The van der Waals surface area contributed by atoms with Crippen LogP contribution in [0.4, 0.5) is 0 Å². The zero-order valence-electron chi connectivity index (χ0n) is 15.0. The summed E-state index contributed by atoms with van der Waals surface area (Å²) in [6, 6.07) is 10.7. The molecule has 0 radical (unpaired) electrons. The molecule has 2 aromatic carbocycles. The molecule has 0 amide bonds. The minimum atomic E-state index is -1.09. The number of esters is 2. The lowest BCUT2D eigenvalue weighted by molar-refractivity contribution is 0.0281. The highest BCUT2D eigenvalue weighted by Gasteiger charge is 2.14. The van der Waals surface area contributed by atoms with Crippen LogP contribution in [0.2, 0.25) is 0 Å². The highest BCUT2D eigenvalue weighted by Crippen LogP contribution is 2.10. The van der Waals surface area contributed by atoms with Crippen LogP contribution in [0.5, 0.6) is 0 Å². The van der Waals surface area contributed by atoms with E-state index in [1.165, 1.54) is 48.5 Å². The molecule has 8 nitrogen and oxygen atoms in total. The average molecular weight is 386 g/mol. The quantitative estimate of drug-likeness (QED) is 0.663. The second-order valence-electron chi connectivity index (χ2n) is 6.07. The van der Waals surface area contributed by atoms with Crippen molar-refractivity contribution < 1.29 is 38.9 Å². The molecule has 0 aliphatic heterocycles. The van der Waals surface area contributed by atoms with Gasteiger partial charge in [0.25, 0.3) is 0 Å². The molecule has 2 rings (SSSR count). The largest absolute Gasteiger partial charge is 0.478 e. The number of ether oxygens (including phenoxy) is 2. The lowest BCUT2D eigenvalue weighted by Crippen LogP contribution is -2.19. The van der Waals surface area contributed by atoms with E-state index in [4.69, 9.17) is 19.7 Å².